The molecule has 9 heteroatoms. The maximum Gasteiger partial charge on any atom is 0.286 e. The van der Waals surface area contributed by atoms with Crippen LogP contribution in [-0.2, 0) is 6.54 Å². The highest BCUT2D eigenvalue weighted by atomic mass is 35.5. The van der Waals surface area contributed by atoms with Crippen LogP contribution >= 0.6 is 23.2 Å². The smallest absolute Gasteiger partial charge is 0.286 e. The summed E-state index contributed by atoms with van der Waals surface area (Å²) in [6.07, 6.45) is 1.04. The van der Waals surface area contributed by atoms with E-state index in [9.17, 15) is 19.7 Å². The quantitative estimate of drug-likeness (QED) is 0.679. The number of aromatic nitrogens is 1. The summed E-state index contributed by atoms with van der Waals surface area (Å²) in [5.74, 6) is -1.03. The molecular weight excluding hydrogens is 333 g/mol. The highest BCUT2D eigenvalue weighted by Gasteiger charge is 2.17. The fraction of sp³-hybridized carbons (Fsp3) is 0.0769. The monoisotopic (exact) mass is 341 g/mol. The van der Waals surface area contributed by atoms with Crippen molar-refractivity contribution in [2.75, 3.05) is 0 Å². The van der Waals surface area contributed by atoms with Crippen LogP contribution in [0.25, 0.3) is 0 Å². The number of pyridine rings is 1. The van der Waals surface area contributed by atoms with Crippen LogP contribution < -0.4 is 11.3 Å². The van der Waals surface area contributed by atoms with E-state index in [1.807, 2.05) is 0 Å². The molecule has 0 aliphatic carbocycles. The Morgan fingerprint density at radius 2 is 1.95 bits per heavy atom. The lowest BCUT2D eigenvalue weighted by Gasteiger charge is -2.08. The van der Waals surface area contributed by atoms with Crippen LogP contribution in [0.5, 0.6) is 0 Å². The molecule has 0 atom stereocenters. The van der Waals surface area contributed by atoms with Crippen LogP contribution in [-0.4, -0.2) is 15.4 Å². The summed E-state index contributed by atoms with van der Waals surface area (Å²) < 4.78 is 1.03. The van der Waals surface area contributed by atoms with E-state index in [-0.39, 0.29) is 11.6 Å². The Balaban J connectivity index is 2.54. The van der Waals surface area contributed by atoms with E-state index in [0.717, 1.165) is 16.8 Å². The van der Waals surface area contributed by atoms with Crippen molar-refractivity contribution in [2.24, 2.45) is 5.73 Å². The Morgan fingerprint density at radius 1 is 1.27 bits per heavy atom. The summed E-state index contributed by atoms with van der Waals surface area (Å²) in [4.78, 5) is 33.5. The molecule has 2 N–H and O–H groups in total. The lowest BCUT2D eigenvalue weighted by atomic mass is 10.2. The summed E-state index contributed by atoms with van der Waals surface area (Å²) in [5, 5.41) is 11.5. The first-order valence-electron chi connectivity index (χ1n) is 5.92. The van der Waals surface area contributed by atoms with E-state index in [1.54, 1.807) is 6.07 Å². The fourth-order valence-electron chi connectivity index (χ4n) is 1.85. The second kappa shape index (κ2) is 6.17. The number of amides is 1. The number of rotatable bonds is 4. The number of halogens is 2. The standard InChI is InChI=1S/C13H9Cl2N3O4/c14-10-2-1-7(3-11(10)15)5-17-6-8(18(21)22)4-9(12(16)19)13(17)20/h1-4,6H,5H2,(H2,16,19). The van der Waals surface area contributed by atoms with Gasteiger partial charge in [-0.25, -0.2) is 0 Å². The maximum absolute atomic E-state index is 12.1. The number of nitrogens with zero attached hydrogens (tertiary/aromatic N) is 2. The van der Waals surface area contributed by atoms with Crippen molar-refractivity contribution in [1.29, 1.82) is 0 Å². The van der Waals surface area contributed by atoms with Crippen LogP contribution in [0.3, 0.4) is 0 Å². The summed E-state index contributed by atoms with van der Waals surface area (Å²) in [7, 11) is 0. The average Bonchev–Trinajstić information content (AvgIpc) is 2.44. The molecule has 0 saturated heterocycles. The number of nitro groups is 1. The van der Waals surface area contributed by atoms with Crippen LogP contribution in [0, 0.1) is 10.1 Å². The van der Waals surface area contributed by atoms with E-state index >= 15 is 0 Å². The molecule has 0 aliphatic heterocycles. The van der Waals surface area contributed by atoms with Crippen molar-refractivity contribution < 1.29 is 9.72 Å². The molecule has 0 spiro atoms. The molecule has 2 rings (SSSR count). The third-order valence-electron chi connectivity index (χ3n) is 2.88. The zero-order chi connectivity index (χ0) is 16.4. The molecule has 114 valence electrons. The van der Waals surface area contributed by atoms with Crippen LogP contribution in [0.1, 0.15) is 15.9 Å². The molecule has 0 radical (unpaired) electrons. The minimum absolute atomic E-state index is 0.0162. The Kier molecular flexibility index (Phi) is 4.48. The normalized spacial score (nSPS) is 10.5. The number of primary amides is 1. The number of hydrogen-bond donors (Lipinski definition) is 1. The molecule has 22 heavy (non-hydrogen) atoms. The minimum Gasteiger partial charge on any atom is -0.365 e. The van der Waals surface area contributed by atoms with Gasteiger partial charge in [0.15, 0.2) is 0 Å². The van der Waals surface area contributed by atoms with Gasteiger partial charge in [-0.1, -0.05) is 29.3 Å². The van der Waals surface area contributed by atoms with Crippen molar-refractivity contribution in [3.05, 3.63) is 72.1 Å². The Labute approximate surface area is 134 Å². The zero-order valence-corrected chi connectivity index (χ0v) is 12.5. The third-order valence-corrected chi connectivity index (χ3v) is 3.62. The van der Waals surface area contributed by atoms with Gasteiger partial charge in [0.1, 0.15) is 5.56 Å². The molecule has 7 nitrogen and oxygen atoms in total. The number of nitrogens with two attached hydrogens (primary N) is 1. The van der Waals surface area contributed by atoms with Crippen molar-refractivity contribution in [3.8, 4) is 0 Å². The zero-order valence-electron chi connectivity index (χ0n) is 11.0. The van der Waals surface area contributed by atoms with Crippen molar-refractivity contribution in [3.63, 3.8) is 0 Å². The second-order valence-corrected chi connectivity index (χ2v) is 5.23. The van der Waals surface area contributed by atoms with Crippen LogP contribution in [0.15, 0.2) is 35.3 Å². The van der Waals surface area contributed by atoms with Gasteiger partial charge in [-0.15, -0.1) is 0 Å². The van der Waals surface area contributed by atoms with E-state index in [1.165, 1.54) is 12.1 Å². The molecule has 1 heterocycles. The van der Waals surface area contributed by atoms with E-state index in [0.29, 0.717) is 10.6 Å². The van der Waals surface area contributed by atoms with Gasteiger partial charge in [0.25, 0.3) is 17.2 Å². The van der Waals surface area contributed by atoms with Gasteiger partial charge in [-0.3, -0.25) is 19.7 Å². The third kappa shape index (κ3) is 3.26. The molecule has 1 aromatic carbocycles. The highest BCUT2D eigenvalue weighted by Crippen LogP contribution is 2.23. The molecule has 2 aromatic rings. The van der Waals surface area contributed by atoms with Gasteiger partial charge < -0.3 is 10.3 Å². The first kappa shape index (κ1) is 16.0. The molecule has 0 unspecified atom stereocenters. The number of carbonyl (C=O) groups excluding carboxylic acids is 1. The largest absolute Gasteiger partial charge is 0.365 e. The molecule has 0 fully saturated rings. The fourth-order valence-corrected chi connectivity index (χ4v) is 2.17. The van der Waals surface area contributed by atoms with Gasteiger partial charge >= 0.3 is 0 Å². The predicted octanol–water partition coefficient (Wildman–Crippen LogP) is 2.21. The molecule has 0 aliphatic rings. The highest BCUT2D eigenvalue weighted by molar-refractivity contribution is 6.42. The molecular formula is C13H9Cl2N3O4. The first-order chi connectivity index (χ1) is 10.3. The van der Waals surface area contributed by atoms with Crippen molar-refractivity contribution in [2.45, 2.75) is 6.54 Å². The number of carbonyl (C=O) groups is 1. The topological polar surface area (TPSA) is 108 Å². The van der Waals surface area contributed by atoms with Gasteiger partial charge in [0, 0.05) is 6.07 Å². The Bertz CT molecular complexity index is 833. The Hall–Kier alpha value is -2.38. The van der Waals surface area contributed by atoms with Gasteiger partial charge in [-0.2, -0.15) is 0 Å². The Morgan fingerprint density at radius 3 is 2.50 bits per heavy atom. The van der Waals surface area contributed by atoms with Gasteiger partial charge in [-0.05, 0) is 17.7 Å². The second-order valence-electron chi connectivity index (χ2n) is 4.41. The molecule has 1 amide bonds. The predicted molar refractivity (Wildman–Crippen MR) is 81.4 cm³/mol. The average molecular weight is 342 g/mol. The first-order valence-corrected chi connectivity index (χ1v) is 6.68. The van der Waals surface area contributed by atoms with Gasteiger partial charge in [0.2, 0.25) is 0 Å². The van der Waals surface area contributed by atoms with Crippen LogP contribution in [0.4, 0.5) is 5.69 Å². The molecule has 0 saturated carbocycles. The summed E-state index contributed by atoms with van der Waals surface area (Å²) >= 11 is 11.7. The van der Waals surface area contributed by atoms with Gasteiger partial charge in [0.05, 0.1) is 27.7 Å². The maximum atomic E-state index is 12.1. The lowest BCUT2D eigenvalue weighted by Crippen LogP contribution is -2.30. The summed E-state index contributed by atoms with van der Waals surface area (Å²) in [5.41, 5.74) is 4.09. The summed E-state index contributed by atoms with van der Waals surface area (Å²) in [6.45, 7) is -0.0162. The number of benzene rings is 1. The van der Waals surface area contributed by atoms with E-state index in [2.05, 4.69) is 0 Å². The van der Waals surface area contributed by atoms with Crippen molar-refractivity contribution in [1.82, 2.24) is 4.57 Å². The summed E-state index contributed by atoms with van der Waals surface area (Å²) in [6, 6.07) is 5.54. The SMILES string of the molecule is NC(=O)c1cc([N+](=O)[O-])cn(Cc2ccc(Cl)c(Cl)c2)c1=O. The van der Waals surface area contributed by atoms with E-state index in [4.69, 9.17) is 28.9 Å². The van der Waals surface area contributed by atoms with Crippen LogP contribution in [0.2, 0.25) is 10.0 Å². The molecule has 0 bridgehead atoms. The van der Waals surface area contributed by atoms with Crippen molar-refractivity contribution >= 4 is 34.8 Å². The molecule has 1 aromatic heterocycles. The lowest BCUT2D eigenvalue weighted by molar-refractivity contribution is -0.385. The minimum atomic E-state index is -1.03. The number of hydrogen-bond acceptors (Lipinski definition) is 4. The van der Waals surface area contributed by atoms with E-state index < -0.39 is 27.6 Å².